The van der Waals surface area contributed by atoms with Crippen LogP contribution in [0.5, 0.6) is 0 Å². The van der Waals surface area contributed by atoms with E-state index < -0.39 is 0 Å². The maximum absolute atomic E-state index is 11.8. The zero-order chi connectivity index (χ0) is 25.5. The Morgan fingerprint density at radius 1 is 0.400 bits per heavy atom. The molecule has 0 aromatic rings. The maximum atomic E-state index is 11.8. The standard InChI is InChI=1S/C30H60O5/c1-3-5-7-9-11-12-13-14-15-16-17-18-20-22-30(31)35-29-28-34-27-26-33-25-24-32-23-21-19-10-8-6-4-2/h3-29H2,1-2H3. The zero-order valence-electron chi connectivity index (χ0n) is 23.6. The van der Waals surface area contributed by atoms with Crippen LogP contribution in [0.15, 0.2) is 0 Å². The predicted molar refractivity (Wildman–Crippen MR) is 147 cm³/mol. The van der Waals surface area contributed by atoms with Gasteiger partial charge in [0.05, 0.1) is 33.0 Å². The largest absolute Gasteiger partial charge is 0.463 e. The summed E-state index contributed by atoms with van der Waals surface area (Å²) in [7, 11) is 0. The van der Waals surface area contributed by atoms with Crippen LogP contribution in [0.3, 0.4) is 0 Å². The highest BCUT2D eigenvalue weighted by molar-refractivity contribution is 5.69. The van der Waals surface area contributed by atoms with Gasteiger partial charge in [0, 0.05) is 13.0 Å². The van der Waals surface area contributed by atoms with Crippen molar-refractivity contribution >= 4 is 5.97 Å². The van der Waals surface area contributed by atoms with Crippen LogP contribution in [-0.2, 0) is 23.7 Å². The van der Waals surface area contributed by atoms with Crippen LogP contribution in [0.25, 0.3) is 0 Å². The highest BCUT2D eigenvalue weighted by Crippen LogP contribution is 2.13. The van der Waals surface area contributed by atoms with E-state index in [0.717, 1.165) is 25.9 Å². The molecule has 0 aliphatic heterocycles. The van der Waals surface area contributed by atoms with E-state index in [0.29, 0.717) is 46.1 Å². The molecular formula is C30H60O5. The van der Waals surface area contributed by atoms with Gasteiger partial charge in [-0.3, -0.25) is 4.79 Å². The van der Waals surface area contributed by atoms with Crippen LogP contribution in [0.1, 0.15) is 142 Å². The second-order valence-electron chi connectivity index (χ2n) is 9.82. The fourth-order valence-electron chi connectivity index (χ4n) is 4.10. The molecule has 210 valence electrons. The quantitative estimate of drug-likeness (QED) is 0.0731. The summed E-state index contributed by atoms with van der Waals surface area (Å²) >= 11 is 0. The first kappa shape index (κ1) is 34.4. The first-order valence-electron chi connectivity index (χ1n) is 15.2. The summed E-state index contributed by atoms with van der Waals surface area (Å²) in [5, 5.41) is 0. The van der Waals surface area contributed by atoms with Crippen molar-refractivity contribution in [2.24, 2.45) is 0 Å². The molecule has 0 atom stereocenters. The molecule has 5 heteroatoms. The van der Waals surface area contributed by atoms with Crippen molar-refractivity contribution in [3.05, 3.63) is 0 Å². The highest BCUT2D eigenvalue weighted by Gasteiger charge is 2.02. The van der Waals surface area contributed by atoms with E-state index >= 15 is 0 Å². The molecule has 0 saturated carbocycles. The number of hydrogen-bond acceptors (Lipinski definition) is 5. The molecule has 0 aromatic carbocycles. The lowest BCUT2D eigenvalue weighted by atomic mass is 10.0. The van der Waals surface area contributed by atoms with Crippen molar-refractivity contribution in [1.82, 2.24) is 0 Å². The van der Waals surface area contributed by atoms with Crippen molar-refractivity contribution < 1.29 is 23.7 Å². The van der Waals surface area contributed by atoms with Gasteiger partial charge in [-0.15, -0.1) is 0 Å². The van der Waals surface area contributed by atoms with Crippen LogP contribution in [0.2, 0.25) is 0 Å². The Hall–Kier alpha value is -0.650. The van der Waals surface area contributed by atoms with Gasteiger partial charge in [-0.2, -0.15) is 0 Å². The van der Waals surface area contributed by atoms with Gasteiger partial charge in [-0.05, 0) is 12.8 Å². The lowest BCUT2D eigenvalue weighted by molar-refractivity contribution is -0.145. The summed E-state index contributed by atoms with van der Waals surface area (Å²) in [6.45, 7) is 8.43. The Morgan fingerprint density at radius 2 is 0.743 bits per heavy atom. The molecule has 0 heterocycles. The topological polar surface area (TPSA) is 54.0 Å². The highest BCUT2D eigenvalue weighted by atomic mass is 16.6. The van der Waals surface area contributed by atoms with Crippen molar-refractivity contribution in [1.29, 1.82) is 0 Å². The molecule has 0 aliphatic rings. The summed E-state index contributed by atoms with van der Waals surface area (Å²) in [6.07, 6.45) is 25.3. The smallest absolute Gasteiger partial charge is 0.305 e. The average molecular weight is 501 g/mol. The van der Waals surface area contributed by atoms with Gasteiger partial charge in [0.1, 0.15) is 6.61 Å². The fourth-order valence-corrected chi connectivity index (χ4v) is 4.10. The minimum atomic E-state index is -0.101. The molecule has 5 nitrogen and oxygen atoms in total. The van der Waals surface area contributed by atoms with Gasteiger partial charge < -0.3 is 18.9 Å². The first-order valence-corrected chi connectivity index (χ1v) is 15.2. The Kier molecular flexibility index (Phi) is 30.8. The van der Waals surface area contributed by atoms with Crippen molar-refractivity contribution in [3.63, 3.8) is 0 Å². The summed E-state index contributed by atoms with van der Waals surface area (Å²) < 4.78 is 21.8. The fraction of sp³-hybridized carbons (Fsp3) is 0.967. The summed E-state index contributed by atoms with van der Waals surface area (Å²) in [5.74, 6) is -0.101. The van der Waals surface area contributed by atoms with E-state index in [9.17, 15) is 4.79 Å². The maximum Gasteiger partial charge on any atom is 0.305 e. The second kappa shape index (κ2) is 31.4. The Balaban J connectivity index is 3.14. The van der Waals surface area contributed by atoms with Gasteiger partial charge in [0.25, 0.3) is 0 Å². The average Bonchev–Trinajstić information content (AvgIpc) is 2.86. The minimum Gasteiger partial charge on any atom is -0.463 e. The summed E-state index contributed by atoms with van der Waals surface area (Å²) in [5.41, 5.74) is 0. The monoisotopic (exact) mass is 500 g/mol. The first-order chi connectivity index (χ1) is 17.3. The third-order valence-electron chi connectivity index (χ3n) is 6.36. The Morgan fingerprint density at radius 3 is 1.20 bits per heavy atom. The molecule has 0 N–H and O–H groups in total. The summed E-state index contributed by atoms with van der Waals surface area (Å²) in [6, 6.07) is 0. The van der Waals surface area contributed by atoms with Gasteiger partial charge in [0.15, 0.2) is 0 Å². The molecular weight excluding hydrogens is 440 g/mol. The van der Waals surface area contributed by atoms with Gasteiger partial charge in [0.2, 0.25) is 0 Å². The molecule has 0 bridgehead atoms. The number of esters is 1. The third kappa shape index (κ3) is 31.3. The van der Waals surface area contributed by atoms with Crippen LogP contribution in [0, 0.1) is 0 Å². The minimum absolute atomic E-state index is 0.101. The van der Waals surface area contributed by atoms with E-state index in [1.165, 1.54) is 103 Å². The third-order valence-corrected chi connectivity index (χ3v) is 6.36. The van der Waals surface area contributed by atoms with Crippen LogP contribution >= 0.6 is 0 Å². The van der Waals surface area contributed by atoms with Crippen molar-refractivity contribution in [2.75, 3.05) is 46.2 Å². The second-order valence-corrected chi connectivity index (χ2v) is 9.82. The molecule has 35 heavy (non-hydrogen) atoms. The molecule has 0 rings (SSSR count). The molecule has 0 fully saturated rings. The number of rotatable bonds is 30. The Bertz CT molecular complexity index is 402. The van der Waals surface area contributed by atoms with Crippen molar-refractivity contribution in [3.8, 4) is 0 Å². The zero-order valence-corrected chi connectivity index (χ0v) is 23.6. The van der Waals surface area contributed by atoms with Crippen molar-refractivity contribution in [2.45, 2.75) is 142 Å². The van der Waals surface area contributed by atoms with E-state index in [2.05, 4.69) is 13.8 Å². The number of ether oxygens (including phenoxy) is 4. The van der Waals surface area contributed by atoms with E-state index in [4.69, 9.17) is 18.9 Å². The molecule has 0 aromatic heterocycles. The van der Waals surface area contributed by atoms with E-state index in [1.54, 1.807) is 0 Å². The van der Waals surface area contributed by atoms with Crippen LogP contribution in [-0.4, -0.2) is 52.2 Å². The number of unbranched alkanes of at least 4 members (excludes halogenated alkanes) is 17. The van der Waals surface area contributed by atoms with E-state index in [1.807, 2.05) is 0 Å². The van der Waals surface area contributed by atoms with E-state index in [-0.39, 0.29) is 5.97 Å². The number of hydrogen-bond donors (Lipinski definition) is 0. The predicted octanol–water partition coefficient (Wildman–Crippen LogP) is 8.42. The van der Waals surface area contributed by atoms with Gasteiger partial charge in [-0.25, -0.2) is 0 Å². The Labute approximate surface area is 218 Å². The molecule has 0 saturated heterocycles. The lowest BCUT2D eigenvalue weighted by Crippen LogP contribution is -2.14. The molecule has 0 radical (unpaired) electrons. The molecule has 0 unspecified atom stereocenters. The number of carbonyl (C=O) groups is 1. The molecule has 0 amide bonds. The normalized spacial score (nSPS) is 11.3. The van der Waals surface area contributed by atoms with Gasteiger partial charge in [-0.1, -0.05) is 123 Å². The van der Waals surface area contributed by atoms with Gasteiger partial charge >= 0.3 is 5.97 Å². The summed E-state index contributed by atoms with van der Waals surface area (Å²) in [4.78, 5) is 11.8. The molecule has 0 aliphatic carbocycles. The number of carbonyl (C=O) groups excluding carboxylic acids is 1. The molecule has 0 spiro atoms. The van der Waals surface area contributed by atoms with Crippen LogP contribution in [0.4, 0.5) is 0 Å². The van der Waals surface area contributed by atoms with Crippen LogP contribution < -0.4 is 0 Å². The SMILES string of the molecule is CCCCCCCCCCCCCCCC(=O)OCCOCCOCCOCCCCCCCC. The lowest BCUT2D eigenvalue weighted by Gasteiger charge is -2.08.